The van der Waals surface area contributed by atoms with Crippen molar-refractivity contribution in [1.29, 1.82) is 0 Å². The number of nitrogens with one attached hydrogen (secondary N) is 1. The van der Waals surface area contributed by atoms with Gasteiger partial charge >= 0.3 is 5.97 Å². The van der Waals surface area contributed by atoms with Crippen molar-refractivity contribution in [2.24, 2.45) is 13.0 Å². The summed E-state index contributed by atoms with van der Waals surface area (Å²) in [4.78, 5) is 10.7. The molecule has 2 N–H and O–H groups in total. The predicted octanol–water partition coefficient (Wildman–Crippen LogP) is 0.816. The second kappa shape index (κ2) is 6.36. The zero-order valence-electron chi connectivity index (χ0n) is 12.2. The molecule has 7 nitrogen and oxygen atoms in total. The summed E-state index contributed by atoms with van der Waals surface area (Å²) in [6.45, 7) is 5.37. The fourth-order valence-corrected chi connectivity index (χ4v) is 3.54. The fourth-order valence-electron chi connectivity index (χ4n) is 1.94. The molecule has 1 aromatic rings. The first-order chi connectivity index (χ1) is 9.15. The van der Waals surface area contributed by atoms with Crippen LogP contribution < -0.4 is 4.72 Å². The molecule has 0 saturated carbocycles. The Kier molecular flexibility index (Phi) is 5.29. The van der Waals surface area contributed by atoms with Crippen molar-refractivity contribution in [2.45, 2.75) is 38.5 Å². The van der Waals surface area contributed by atoms with Gasteiger partial charge in [0.25, 0.3) is 0 Å². The Labute approximate surface area is 119 Å². The van der Waals surface area contributed by atoms with Gasteiger partial charge in [-0.15, -0.1) is 0 Å². The Hall–Kier alpha value is -1.41. The Morgan fingerprint density at radius 1 is 1.45 bits per heavy atom. The lowest BCUT2D eigenvalue weighted by Gasteiger charge is -2.12. The molecule has 20 heavy (non-hydrogen) atoms. The van der Waals surface area contributed by atoms with E-state index in [1.165, 1.54) is 4.68 Å². The lowest BCUT2D eigenvalue weighted by Crippen LogP contribution is -2.29. The third kappa shape index (κ3) is 4.04. The second-order valence-electron chi connectivity index (χ2n) is 5.01. The Morgan fingerprint density at radius 3 is 2.50 bits per heavy atom. The average molecular weight is 303 g/mol. The minimum atomic E-state index is -3.62. The highest BCUT2D eigenvalue weighted by Crippen LogP contribution is 2.18. The molecule has 1 heterocycles. The van der Waals surface area contributed by atoms with E-state index in [1.54, 1.807) is 20.9 Å². The largest absolute Gasteiger partial charge is 0.481 e. The molecule has 114 valence electrons. The van der Waals surface area contributed by atoms with Crippen LogP contribution in [0, 0.1) is 19.8 Å². The molecule has 1 atom stereocenters. The first-order valence-electron chi connectivity index (χ1n) is 6.36. The van der Waals surface area contributed by atoms with Crippen LogP contribution in [0.2, 0.25) is 0 Å². The number of hydrogen-bond acceptors (Lipinski definition) is 4. The first-order valence-corrected chi connectivity index (χ1v) is 7.85. The van der Waals surface area contributed by atoms with Crippen molar-refractivity contribution in [3.05, 3.63) is 11.4 Å². The van der Waals surface area contributed by atoms with E-state index < -0.39 is 16.0 Å². The summed E-state index contributed by atoms with van der Waals surface area (Å²) < 4.78 is 28.5. The van der Waals surface area contributed by atoms with Crippen LogP contribution in [0.5, 0.6) is 0 Å². The molecule has 0 aliphatic rings. The van der Waals surface area contributed by atoms with E-state index >= 15 is 0 Å². The number of aliphatic carboxylic acids is 1. The van der Waals surface area contributed by atoms with Crippen LogP contribution in [0.3, 0.4) is 0 Å². The molecule has 0 fully saturated rings. The van der Waals surface area contributed by atoms with Crippen LogP contribution in [-0.2, 0) is 21.9 Å². The molecule has 1 rings (SSSR count). The summed E-state index contributed by atoms with van der Waals surface area (Å²) in [5.41, 5.74) is 1.03. The maximum Gasteiger partial charge on any atom is 0.303 e. The summed E-state index contributed by atoms with van der Waals surface area (Å²) in [6.07, 6.45) is 0.469. The quantitative estimate of drug-likeness (QED) is 0.776. The molecule has 0 aromatic carbocycles. The van der Waals surface area contributed by atoms with Gasteiger partial charge in [0.2, 0.25) is 10.0 Å². The molecule has 0 amide bonds. The number of aromatic nitrogens is 2. The molecule has 1 unspecified atom stereocenters. The van der Waals surface area contributed by atoms with E-state index in [1.807, 2.05) is 6.92 Å². The highest BCUT2D eigenvalue weighted by molar-refractivity contribution is 7.89. The minimum absolute atomic E-state index is 0.0356. The molecule has 0 aliphatic carbocycles. The van der Waals surface area contributed by atoms with E-state index in [0.29, 0.717) is 17.8 Å². The van der Waals surface area contributed by atoms with Gasteiger partial charge in [-0.05, 0) is 26.2 Å². The van der Waals surface area contributed by atoms with Crippen molar-refractivity contribution in [3.8, 4) is 0 Å². The normalized spacial score (nSPS) is 13.4. The Bertz CT molecular complexity index is 592. The SMILES string of the molecule is Cc1nn(C)c(C)c1S(=O)(=O)NCC(C)CCC(=O)O. The highest BCUT2D eigenvalue weighted by Gasteiger charge is 2.23. The van der Waals surface area contributed by atoms with Crippen molar-refractivity contribution in [2.75, 3.05) is 6.54 Å². The van der Waals surface area contributed by atoms with Crippen LogP contribution in [0.4, 0.5) is 0 Å². The van der Waals surface area contributed by atoms with Gasteiger partial charge in [-0.3, -0.25) is 9.48 Å². The summed E-state index contributed by atoms with van der Waals surface area (Å²) in [5.74, 6) is -0.920. The van der Waals surface area contributed by atoms with Crippen LogP contribution in [0.15, 0.2) is 4.90 Å². The van der Waals surface area contributed by atoms with Crippen LogP contribution in [-0.4, -0.2) is 35.8 Å². The Balaban J connectivity index is 2.73. The van der Waals surface area contributed by atoms with Crippen LogP contribution >= 0.6 is 0 Å². The molecule has 0 radical (unpaired) electrons. The molecule has 0 saturated heterocycles. The van der Waals surface area contributed by atoms with E-state index in [2.05, 4.69) is 9.82 Å². The number of hydrogen-bond donors (Lipinski definition) is 2. The second-order valence-corrected chi connectivity index (χ2v) is 6.72. The van der Waals surface area contributed by atoms with Gasteiger partial charge in [0.05, 0.1) is 11.4 Å². The Morgan fingerprint density at radius 2 is 2.05 bits per heavy atom. The molecular weight excluding hydrogens is 282 g/mol. The maximum absolute atomic E-state index is 12.2. The van der Waals surface area contributed by atoms with Gasteiger partial charge < -0.3 is 5.11 Å². The molecule has 0 spiro atoms. The number of carboxylic acid groups (broad SMARTS) is 1. The smallest absolute Gasteiger partial charge is 0.303 e. The van der Waals surface area contributed by atoms with E-state index in [4.69, 9.17) is 5.11 Å². The topological polar surface area (TPSA) is 101 Å². The number of nitrogens with zero attached hydrogens (tertiary/aromatic N) is 2. The lowest BCUT2D eigenvalue weighted by atomic mass is 10.1. The monoisotopic (exact) mass is 303 g/mol. The fraction of sp³-hybridized carbons (Fsp3) is 0.667. The van der Waals surface area contributed by atoms with Crippen molar-refractivity contribution in [1.82, 2.24) is 14.5 Å². The molecule has 0 aliphatic heterocycles. The van der Waals surface area contributed by atoms with Crippen LogP contribution in [0.1, 0.15) is 31.2 Å². The summed E-state index contributed by atoms with van der Waals surface area (Å²) in [6, 6.07) is 0. The number of carbonyl (C=O) groups is 1. The number of carboxylic acids is 1. The maximum atomic E-state index is 12.2. The highest BCUT2D eigenvalue weighted by atomic mass is 32.2. The van der Waals surface area contributed by atoms with Crippen molar-refractivity contribution < 1.29 is 18.3 Å². The average Bonchev–Trinajstić information content (AvgIpc) is 2.58. The standard InChI is InChI=1S/C12H21N3O4S/c1-8(5-6-11(16)17)7-13-20(18,19)12-9(2)14-15(4)10(12)3/h8,13H,5-7H2,1-4H3,(H,16,17). The zero-order valence-corrected chi connectivity index (χ0v) is 13.0. The minimum Gasteiger partial charge on any atom is -0.481 e. The summed E-state index contributed by atoms with van der Waals surface area (Å²) in [7, 11) is -1.92. The molecule has 8 heteroatoms. The van der Waals surface area contributed by atoms with Gasteiger partial charge in [-0.25, -0.2) is 13.1 Å². The first kappa shape index (κ1) is 16.6. The predicted molar refractivity (Wildman–Crippen MR) is 73.9 cm³/mol. The third-order valence-electron chi connectivity index (χ3n) is 3.18. The van der Waals surface area contributed by atoms with Crippen LogP contribution in [0.25, 0.3) is 0 Å². The van der Waals surface area contributed by atoms with E-state index in [-0.39, 0.29) is 23.8 Å². The van der Waals surface area contributed by atoms with Gasteiger partial charge in [0, 0.05) is 20.0 Å². The van der Waals surface area contributed by atoms with E-state index in [9.17, 15) is 13.2 Å². The van der Waals surface area contributed by atoms with Gasteiger partial charge in [0.15, 0.2) is 0 Å². The zero-order chi connectivity index (χ0) is 15.5. The molecule has 0 bridgehead atoms. The molecule has 1 aromatic heterocycles. The van der Waals surface area contributed by atoms with E-state index in [0.717, 1.165) is 0 Å². The lowest BCUT2D eigenvalue weighted by molar-refractivity contribution is -0.137. The summed E-state index contributed by atoms with van der Waals surface area (Å²) in [5, 5.41) is 12.7. The van der Waals surface area contributed by atoms with Crippen molar-refractivity contribution in [3.63, 3.8) is 0 Å². The van der Waals surface area contributed by atoms with Gasteiger partial charge in [0.1, 0.15) is 4.90 Å². The van der Waals surface area contributed by atoms with Crippen molar-refractivity contribution >= 4 is 16.0 Å². The third-order valence-corrected chi connectivity index (χ3v) is 4.86. The number of sulfonamides is 1. The molecular formula is C12H21N3O4S. The number of rotatable bonds is 7. The van der Waals surface area contributed by atoms with Gasteiger partial charge in [-0.1, -0.05) is 6.92 Å². The summed E-state index contributed by atoms with van der Waals surface area (Å²) >= 11 is 0. The number of aryl methyl sites for hydroxylation is 2. The van der Waals surface area contributed by atoms with Gasteiger partial charge in [-0.2, -0.15) is 5.10 Å².